The molecular weight excluding hydrogens is 382 g/mol. The van der Waals surface area contributed by atoms with E-state index in [2.05, 4.69) is 49.5 Å². The van der Waals surface area contributed by atoms with Crippen LogP contribution in [-0.4, -0.2) is 31.0 Å². The van der Waals surface area contributed by atoms with Gasteiger partial charge in [0.2, 0.25) is 0 Å². The summed E-state index contributed by atoms with van der Waals surface area (Å²) in [7, 11) is 0. The number of rotatable bonds is 5. The molecule has 9 heteroatoms. The number of imidazole rings is 1. The van der Waals surface area contributed by atoms with Crippen molar-refractivity contribution in [1.82, 2.24) is 30.4 Å². The Morgan fingerprint density at radius 3 is 2.87 bits per heavy atom. The highest BCUT2D eigenvalue weighted by atomic mass is 16.5. The number of anilines is 1. The fraction of sp³-hybridized carbons (Fsp3) is 0.286. The fourth-order valence-corrected chi connectivity index (χ4v) is 3.43. The summed E-state index contributed by atoms with van der Waals surface area (Å²) in [6.07, 6.45) is 3.69. The predicted molar refractivity (Wildman–Crippen MR) is 111 cm³/mol. The molecule has 0 bridgehead atoms. The van der Waals surface area contributed by atoms with Crippen molar-refractivity contribution in [2.75, 3.05) is 5.73 Å². The van der Waals surface area contributed by atoms with Crippen LogP contribution in [0, 0.1) is 0 Å². The number of H-pyrrole nitrogens is 1. The van der Waals surface area contributed by atoms with Crippen molar-refractivity contribution in [3.8, 4) is 11.5 Å². The normalized spacial score (nSPS) is 15.8. The first-order chi connectivity index (χ1) is 14.4. The zero-order valence-electron chi connectivity index (χ0n) is 16.6. The lowest BCUT2D eigenvalue weighted by Crippen LogP contribution is -2.27. The van der Waals surface area contributed by atoms with Gasteiger partial charge in [0.15, 0.2) is 11.6 Å². The first kappa shape index (κ1) is 18.3. The van der Waals surface area contributed by atoms with Gasteiger partial charge in [-0.25, -0.2) is 15.0 Å². The van der Waals surface area contributed by atoms with E-state index in [0.29, 0.717) is 22.7 Å². The summed E-state index contributed by atoms with van der Waals surface area (Å²) in [5.74, 6) is 0.986. The van der Waals surface area contributed by atoms with E-state index in [4.69, 9.17) is 10.3 Å². The van der Waals surface area contributed by atoms with Crippen LogP contribution in [0.5, 0.6) is 0 Å². The monoisotopic (exact) mass is 403 g/mol. The van der Waals surface area contributed by atoms with Gasteiger partial charge in [-0.05, 0) is 42.9 Å². The van der Waals surface area contributed by atoms with Crippen molar-refractivity contribution in [3.05, 3.63) is 53.7 Å². The minimum atomic E-state index is -0.416. The number of benzene rings is 1. The molecule has 1 aliphatic carbocycles. The Hall–Kier alpha value is -3.75. The Morgan fingerprint density at radius 2 is 2.10 bits per heavy atom. The van der Waals surface area contributed by atoms with Gasteiger partial charge in [0, 0.05) is 12.1 Å². The topological polar surface area (TPSA) is 136 Å². The maximum Gasteiger partial charge on any atom is 0.270 e. The summed E-state index contributed by atoms with van der Waals surface area (Å²) in [5, 5.41) is 6.93. The van der Waals surface area contributed by atoms with Crippen molar-refractivity contribution in [2.24, 2.45) is 0 Å². The molecule has 1 fully saturated rings. The molecule has 1 saturated carbocycles. The minimum Gasteiger partial charge on any atom is -0.384 e. The second kappa shape index (κ2) is 6.65. The first-order valence-electron chi connectivity index (χ1n) is 9.77. The summed E-state index contributed by atoms with van der Waals surface area (Å²) in [6, 6.07) is 9.10. The molecule has 1 aliphatic rings. The smallest absolute Gasteiger partial charge is 0.270 e. The summed E-state index contributed by atoms with van der Waals surface area (Å²) < 4.78 is 5.44. The molecule has 1 amide bonds. The zero-order chi connectivity index (χ0) is 20.9. The molecule has 152 valence electrons. The SMILES string of the molecule is C[C@@H](NC(=O)c1cc(N)ncn1)c1cc(-c2nc3ccc(C4(C)CC4)cc3[nH]2)no1. The Bertz CT molecular complexity index is 1260. The molecule has 3 heterocycles. The average Bonchev–Trinajstić information content (AvgIpc) is 3.16. The van der Waals surface area contributed by atoms with E-state index in [0.717, 1.165) is 11.0 Å². The van der Waals surface area contributed by atoms with Gasteiger partial charge < -0.3 is 20.6 Å². The van der Waals surface area contributed by atoms with Gasteiger partial charge in [-0.15, -0.1) is 0 Å². The second-order valence-corrected chi connectivity index (χ2v) is 8.02. The van der Waals surface area contributed by atoms with Crippen LogP contribution in [0.1, 0.15) is 54.5 Å². The van der Waals surface area contributed by atoms with Crippen LogP contribution in [0.2, 0.25) is 0 Å². The minimum absolute atomic E-state index is 0.187. The summed E-state index contributed by atoms with van der Waals surface area (Å²) in [4.78, 5) is 28.0. The van der Waals surface area contributed by atoms with Crippen LogP contribution in [0.4, 0.5) is 5.82 Å². The second-order valence-electron chi connectivity index (χ2n) is 8.02. The van der Waals surface area contributed by atoms with Gasteiger partial charge in [-0.3, -0.25) is 4.79 Å². The molecule has 4 aromatic rings. The van der Waals surface area contributed by atoms with E-state index in [1.165, 1.54) is 30.8 Å². The van der Waals surface area contributed by atoms with E-state index in [-0.39, 0.29) is 17.4 Å². The number of hydrogen-bond donors (Lipinski definition) is 3. The Morgan fingerprint density at radius 1 is 1.27 bits per heavy atom. The number of amides is 1. The average molecular weight is 403 g/mol. The van der Waals surface area contributed by atoms with Crippen molar-refractivity contribution >= 4 is 22.8 Å². The number of nitrogen functional groups attached to an aromatic ring is 1. The molecule has 30 heavy (non-hydrogen) atoms. The number of fused-ring (bicyclic) bond motifs is 1. The van der Waals surface area contributed by atoms with Crippen molar-refractivity contribution in [1.29, 1.82) is 0 Å². The highest BCUT2D eigenvalue weighted by Gasteiger charge is 2.39. The van der Waals surface area contributed by atoms with E-state index in [9.17, 15) is 4.79 Å². The molecule has 1 atom stereocenters. The Balaban J connectivity index is 1.35. The lowest BCUT2D eigenvalue weighted by molar-refractivity contribution is 0.0928. The van der Waals surface area contributed by atoms with Gasteiger partial charge in [-0.1, -0.05) is 18.1 Å². The maximum absolute atomic E-state index is 12.4. The first-order valence-corrected chi connectivity index (χ1v) is 9.77. The van der Waals surface area contributed by atoms with Gasteiger partial charge in [0.05, 0.1) is 17.1 Å². The molecule has 4 N–H and O–H groups in total. The molecule has 0 aliphatic heterocycles. The van der Waals surface area contributed by atoms with Crippen LogP contribution in [0.25, 0.3) is 22.6 Å². The number of carbonyl (C=O) groups is 1. The predicted octanol–water partition coefficient (Wildman–Crippen LogP) is 3.13. The number of carbonyl (C=O) groups excluding carboxylic acids is 1. The third-order valence-electron chi connectivity index (χ3n) is 5.65. The highest BCUT2D eigenvalue weighted by Crippen LogP contribution is 2.48. The quantitative estimate of drug-likeness (QED) is 0.466. The van der Waals surface area contributed by atoms with Crippen LogP contribution in [-0.2, 0) is 5.41 Å². The molecule has 5 rings (SSSR count). The largest absolute Gasteiger partial charge is 0.384 e. The van der Waals surface area contributed by atoms with E-state index in [1.54, 1.807) is 13.0 Å². The molecule has 9 nitrogen and oxygen atoms in total. The molecular formula is C21H21N7O2. The number of hydrogen-bond acceptors (Lipinski definition) is 7. The number of aromatic nitrogens is 5. The molecule has 0 unspecified atom stereocenters. The summed E-state index contributed by atoms with van der Waals surface area (Å²) in [5.41, 5.74) is 9.84. The maximum atomic E-state index is 12.4. The molecule has 3 aromatic heterocycles. The zero-order valence-corrected chi connectivity index (χ0v) is 16.6. The number of aromatic amines is 1. The lowest BCUT2D eigenvalue weighted by Gasteiger charge is -2.09. The summed E-state index contributed by atoms with van der Waals surface area (Å²) in [6.45, 7) is 4.08. The standard InChI is InChI=1S/C21H21N7O2/c1-11(25-20(29)16-9-18(22)24-10-23-16)17-8-15(28-30-17)19-26-13-4-3-12(7-14(13)27-19)21(2)5-6-21/h3-4,7-11H,5-6H2,1-2H3,(H,25,29)(H,26,27)(H2,22,23,24)/t11-/m1/s1. The van der Waals surface area contributed by atoms with E-state index in [1.807, 2.05) is 6.07 Å². The number of nitrogens with one attached hydrogen (secondary N) is 2. The van der Waals surface area contributed by atoms with Crippen LogP contribution < -0.4 is 11.1 Å². The van der Waals surface area contributed by atoms with Crippen molar-refractivity contribution < 1.29 is 9.32 Å². The highest BCUT2D eigenvalue weighted by molar-refractivity contribution is 5.93. The third-order valence-corrected chi connectivity index (χ3v) is 5.65. The lowest BCUT2D eigenvalue weighted by atomic mass is 9.98. The molecule has 1 aromatic carbocycles. The molecule has 0 saturated heterocycles. The van der Waals surface area contributed by atoms with Crippen LogP contribution in [0.3, 0.4) is 0 Å². The van der Waals surface area contributed by atoms with Crippen LogP contribution in [0.15, 0.2) is 41.2 Å². The van der Waals surface area contributed by atoms with Crippen molar-refractivity contribution in [2.45, 2.75) is 38.1 Å². The summed E-state index contributed by atoms with van der Waals surface area (Å²) >= 11 is 0. The van der Waals surface area contributed by atoms with Crippen LogP contribution >= 0.6 is 0 Å². The third kappa shape index (κ3) is 3.28. The number of nitrogens with two attached hydrogens (primary N) is 1. The van der Waals surface area contributed by atoms with Gasteiger partial charge >= 0.3 is 0 Å². The van der Waals surface area contributed by atoms with E-state index >= 15 is 0 Å². The molecule has 0 spiro atoms. The van der Waals surface area contributed by atoms with Gasteiger partial charge in [0.25, 0.3) is 5.91 Å². The fourth-order valence-electron chi connectivity index (χ4n) is 3.43. The Kier molecular flexibility index (Phi) is 4.05. The van der Waals surface area contributed by atoms with Gasteiger partial charge in [0.1, 0.15) is 23.5 Å². The number of nitrogens with zero attached hydrogens (tertiary/aromatic N) is 4. The van der Waals surface area contributed by atoms with Gasteiger partial charge in [-0.2, -0.15) is 0 Å². The molecule has 0 radical (unpaired) electrons. The van der Waals surface area contributed by atoms with E-state index < -0.39 is 6.04 Å². The van der Waals surface area contributed by atoms with Crippen molar-refractivity contribution in [3.63, 3.8) is 0 Å². The Labute approximate surface area is 172 Å².